The average Bonchev–Trinajstić information content (AvgIpc) is 2.38. The van der Waals surface area contributed by atoms with E-state index in [9.17, 15) is 0 Å². The van der Waals surface area contributed by atoms with Gasteiger partial charge < -0.3 is 5.73 Å². The summed E-state index contributed by atoms with van der Waals surface area (Å²) in [6, 6.07) is 0. The predicted octanol–water partition coefficient (Wildman–Crippen LogP) is 1.68. The lowest BCUT2D eigenvalue weighted by atomic mass is 10.1. The second-order valence-corrected chi connectivity index (χ2v) is 2.81. The van der Waals surface area contributed by atoms with E-state index in [1.54, 1.807) is 6.21 Å². The van der Waals surface area contributed by atoms with Crippen molar-refractivity contribution in [2.24, 2.45) is 10.7 Å². The molecule has 60 valence electrons. The van der Waals surface area contributed by atoms with Crippen LogP contribution in [0.15, 0.2) is 52.3 Å². The highest BCUT2D eigenvalue weighted by Crippen LogP contribution is 2.21. The molecule has 0 unspecified atom stereocenters. The Morgan fingerprint density at radius 2 is 2.00 bits per heavy atom. The minimum absolute atomic E-state index is 0.814. The lowest BCUT2D eigenvalue weighted by Crippen LogP contribution is -2.00. The highest BCUT2D eigenvalue weighted by molar-refractivity contribution is 5.76. The van der Waals surface area contributed by atoms with E-state index in [1.165, 1.54) is 0 Å². The van der Waals surface area contributed by atoms with Crippen LogP contribution in [0.1, 0.15) is 6.42 Å². The van der Waals surface area contributed by atoms with Crippen LogP contribution >= 0.6 is 0 Å². The quantitative estimate of drug-likeness (QED) is 0.572. The molecule has 2 N–H and O–H groups in total. The zero-order valence-corrected chi connectivity index (χ0v) is 6.70. The molecule has 1 aliphatic carbocycles. The smallest absolute Gasteiger partial charge is 0.0448 e. The first-order chi connectivity index (χ1) is 5.86. The van der Waals surface area contributed by atoms with Crippen molar-refractivity contribution in [3.63, 3.8) is 0 Å². The van der Waals surface area contributed by atoms with Crippen LogP contribution in [-0.2, 0) is 0 Å². The van der Waals surface area contributed by atoms with Crippen molar-refractivity contribution in [3.05, 3.63) is 47.3 Å². The maximum Gasteiger partial charge on any atom is 0.0448 e. The Morgan fingerprint density at radius 1 is 1.17 bits per heavy atom. The van der Waals surface area contributed by atoms with Crippen LogP contribution in [0.2, 0.25) is 0 Å². The van der Waals surface area contributed by atoms with Crippen molar-refractivity contribution in [2.75, 3.05) is 0 Å². The zero-order valence-electron chi connectivity index (χ0n) is 6.70. The van der Waals surface area contributed by atoms with Crippen molar-refractivity contribution < 1.29 is 0 Å². The van der Waals surface area contributed by atoms with Gasteiger partial charge in [0, 0.05) is 24.0 Å². The molecule has 2 heteroatoms. The van der Waals surface area contributed by atoms with Gasteiger partial charge in [-0.2, -0.15) is 0 Å². The molecule has 0 fully saturated rings. The first kappa shape index (κ1) is 7.10. The standard InChI is InChI=1S/C10H10N2/c11-10-5-6-12-9-4-2-1-3-8(10)7-9/h1-6H,7,11H2. The third kappa shape index (κ3) is 1.23. The number of nitrogens with zero attached hydrogens (tertiary/aromatic N) is 1. The lowest BCUT2D eigenvalue weighted by Gasteiger charge is -2.02. The molecule has 12 heavy (non-hydrogen) atoms. The van der Waals surface area contributed by atoms with E-state index >= 15 is 0 Å². The number of hydrogen-bond donors (Lipinski definition) is 1. The molecule has 2 bridgehead atoms. The fraction of sp³-hybridized carbons (Fsp3) is 0.100. The normalized spacial score (nSPS) is 20.5. The Bertz CT molecular complexity index is 341. The molecule has 0 aromatic heterocycles. The fourth-order valence-electron chi connectivity index (χ4n) is 1.26. The Kier molecular flexibility index (Phi) is 1.67. The van der Waals surface area contributed by atoms with Gasteiger partial charge in [0.25, 0.3) is 0 Å². The number of fused-ring (bicyclic) bond motifs is 2. The van der Waals surface area contributed by atoms with Crippen molar-refractivity contribution in [1.82, 2.24) is 0 Å². The van der Waals surface area contributed by atoms with Crippen LogP contribution in [0.5, 0.6) is 0 Å². The summed E-state index contributed by atoms with van der Waals surface area (Å²) >= 11 is 0. The maximum absolute atomic E-state index is 5.80. The van der Waals surface area contributed by atoms with Gasteiger partial charge in [-0.1, -0.05) is 18.2 Å². The molecule has 0 radical (unpaired) electrons. The Balaban J connectivity index is 2.49. The third-order valence-electron chi connectivity index (χ3n) is 1.93. The summed E-state index contributed by atoms with van der Waals surface area (Å²) in [5, 5.41) is 0. The monoisotopic (exact) mass is 158 g/mol. The molecule has 2 aliphatic rings. The summed E-state index contributed by atoms with van der Waals surface area (Å²) in [7, 11) is 0. The van der Waals surface area contributed by atoms with Crippen LogP contribution < -0.4 is 5.73 Å². The maximum atomic E-state index is 5.80. The van der Waals surface area contributed by atoms with Gasteiger partial charge in [0.05, 0.1) is 0 Å². The SMILES string of the molecule is NC1=CC=NC2=CC=CC=C1C2. The predicted molar refractivity (Wildman–Crippen MR) is 50.7 cm³/mol. The second kappa shape index (κ2) is 2.81. The molecule has 1 aliphatic heterocycles. The largest absolute Gasteiger partial charge is 0.398 e. The minimum atomic E-state index is 0.814. The number of nitrogens with two attached hydrogens (primary N) is 1. The van der Waals surface area contributed by atoms with Crippen LogP contribution in [-0.4, -0.2) is 6.21 Å². The van der Waals surface area contributed by atoms with E-state index in [4.69, 9.17) is 5.73 Å². The van der Waals surface area contributed by atoms with E-state index in [1.807, 2.05) is 30.4 Å². The van der Waals surface area contributed by atoms with Crippen molar-refractivity contribution >= 4 is 6.21 Å². The van der Waals surface area contributed by atoms with E-state index in [-0.39, 0.29) is 0 Å². The summed E-state index contributed by atoms with van der Waals surface area (Å²) in [6.07, 6.45) is 12.4. The van der Waals surface area contributed by atoms with Gasteiger partial charge in [-0.15, -0.1) is 0 Å². The topological polar surface area (TPSA) is 38.4 Å². The van der Waals surface area contributed by atoms with E-state index in [0.717, 1.165) is 23.4 Å². The zero-order chi connectivity index (χ0) is 8.39. The van der Waals surface area contributed by atoms with Gasteiger partial charge in [-0.25, -0.2) is 0 Å². The van der Waals surface area contributed by atoms with Gasteiger partial charge in [0.1, 0.15) is 0 Å². The summed E-state index contributed by atoms with van der Waals surface area (Å²) < 4.78 is 0. The van der Waals surface area contributed by atoms with Gasteiger partial charge >= 0.3 is 0 Å². The van der Waals surface area contributed by atoms with Crippen molar-refractivity contribution in [2.45, 2.75) is 6.42 Å². The molecule has 0 spiro atoms. The van der Waals surface area contributed by atoms with Crippen LogP contribution in [0.3, 0.4) is 0 Å². The lowest BCUT2D eigenvalue weighted by molar-refractivity contribution is 1.10. The van der Waals surface area contributed by atoms with Crippen molar-refractivity contribution in [3.8, 4) is 0 Å². The van der Waals surface area contributed by atoms with Crippen molar-refractivity contribution in [1.29, 1.82) is 0 Å². The molecule has 0 aromatic carbocycles. The molecule has 2 rings (SSSR count). The van der Waals surface area contributed by atoms with Gasteiger partial charge in [0.2, 0.25) is 0 Å². The minimum Gasteiger partial charge on any atom is -0.398 e. The highest BCUT2D eigenvalue weighted by atomic mass is 14.7. The number of allylic oxidation sites excluding steroid dienone is 7. The first-order valence-corrected chi connectivity index (χ1v) is 3.93. The number of hydrogen-bond acceptors (Lipinski definition) is 2. The van der Waals surface area contributed by atoms with Gasteiger partial charge in [0.15, 0.2) is 0 Å². The van der Waals surface area contributed by atoms with E-state index in [0.29, 0.717) is 0 Å². The molecule has 0 saturated heterocycles. The summed E-state index contributed by atoms with van der Waals surface area (Å²) in [6.45, 7) is 0. The summed E-state index contributed by atoms with van der Waals surface area (Å²) in [4.78, 5) is 4.24. The Labute approximate surface area is 71.5 Å². The summed E-state index contributed by atoms with van der Waals surface area (Å²) in [5.41, 5.74) is 8.82. The number of aliphatic imine (C=N–C) groups is 1. The van der Waals surface area contributed by atoms with Crippen LogP contribution in [0, 0.1) is 0 Å². The molecule has 1 heterocycles. The number of rotatable bonds is 0. The molecule has 0 saturated carbocycles. The first-order valence-electron chi connectivity index (χ1n) is 3.93. The molecule has 0 aromatic rings. The molecule has 2 nitrogen and oxygen atoms in total. The van der Waals surface area contributed by atoms with Crippen LogP contribution in [0.25, 0.3) is 0 Å². The summed E-state index contributed by atoms with van der Waals surface area (Å²) in [5.74, 6) is 0. The average molecular weight is 158 g/mol. The molecule has 0 amide bonds. The van der Waals surface area contributed by atoms with Gasteiger partial charge in [-0.05, 0) is 17.7 Å². The third-order valence-corrected chi connectivity index (χ3v) is 1.93. The molecule has 0 atom stereocenters. The molecular weight excluding hydrogens is 148 g/mol. The Hall–Kier alpha value is -1.57. The van der Waals surface area contributed by atoms with Gasteiger partial charge in [-0.3, -0.25) is 4.99 Å². The fourth-order valence-corrected chi connectivity index (χ4v) is 1.26. The molecular formula is C10H10N2. The Morgan fingerprint density at radius 3 is 2.92 bits per heavy atom. The second-order valence-electron chi connectivity index (χ2n) is 2.81. The van der Waals surface area contributed by atoms with E-state index in [2.05, 4.69) is 4.99 Å². The highest BCUT2D eigenvalue weighted by Gasteiger charge is 2.07. The van der Waals surface area contributed by atoms with E-state index < -0.39 is 0 Å². The van der Waals surface area contributed by atoms with Crippen LogP contribution in [0.4, 0.5) is 0 Å².